The van der Waals surface area contributed by atoms with Gasteiger partial charge in [-0.2, -0.15) is 0 Å². The Labute approximate surface area is 168 Å². The van der Waals surface area contributed by atoms with Crippen molar-refractivity contribution >= 4 is 17.6 Å². The van der Waals surface area contributed by atoms with Crippen LogP contribution < -0.4 is 10.1 Å². The summed E-state index contributed by atoms with van der Waals surface area (Å²) < 4.78 is 16.1. The number of para-hydroxylation sites is 1. The summed E-state index contributed by atoms with van der Waals surface area (Å²) in [6.45, 7) is 5.52. The zero-order chi connectivity index (χ0) is 20.8. The molecule has 0 aliphatic rings. The lowest BCUT2D eigenvalue weighted by Gasteiger charge is -2.14. The van der Waals surface area contributed by atoms with Crippen molar-refractivity contribution < 1.29 is 23.6 Å². The van der Waals surface area contributed by atoms with Crippen molar-refractivity contribution in [1.82, 2.24) is 5.16 Å². The second kappa shape index (κ2) is 9.05. The summed E-state index contributed by atoms with van der Waals surface area (Å²) in [5.41, 5.74) is 2.64. The first-order chi connectivity index (χ1) is 13.9. The average Bonchev–Trinajstić information content (AvgIpc) is 3.05. The number of nitrogens with zero attached hydrogens (tertiary/aromatic N) is 1. The van der Waals surface area contributed by atoms with Crippen LogP contribution in [0.5, 0.6) is 5.75 Å². The molecule has 1 N–H and O–H groups in total. The lowest BCUT2D eigenvalue weighted by Crippen LogP contribution is -2.29. The number of carbonyl (C=O) groups is 2. The van der Waals surface area contributed by atoms with Gasteiger partial charge in [-0.3, -0.25) is 4.79 Å². The molecule has 150 valence electrons. The van der Waals surface area contributed by atoms with E-state index in [0.717, 1.165) is 11.3 Å². The highest BCUT2D eigenvalue weighted by Crippen LogP contribution is 2.18. The van der Waals surface area contributed by atoms with Crippen molar-refractivity contribution in [3.8, 4) is 5.75 Å². The Morgan fingerprint density at radius 3 is 2.38 bits per heavy atom. The van der Waals surface area contributed by atoms with Crippen LogP contribution >= 0.6 is 0 Å². The van der Waals surface area contributed by atoms with Gasteiger partial charge in [0.1, 0.15) is 18.1 Å². The highest BCUT2D eigenvalue weighted by atomic mass is 16.5. The van der Waals surface area contributed by atoms with E-state index in [1.807, 2.05) is 32.0 Å². The summed E-state index contributed by atoms with van der Waals surface area (Å²) in [6, 6.07) is 15.5. The molecule has 0 saturated heterocycles. The number of carbonyl (C=O) groups excluding carboxylic acids is 2. The summed E-state index contributed by atoms with van der Waals surface area (Å²) in [4.78, 5) is 24.5. The van der Waals surface area contributed by atoms with Crippen LogP contribution in [0.4, 0.5) is 5.69 Å². The predicted molar refractivity (Wildman–Crippen MR) is 107 cm³/mol. The molecule has 0 fully saturated rings. The molecule has 7 heteroatoms. The zero-order valence-electron chi connectivity index (χ0n) is 16.5. The molecule has 0 saturated carbocycles. The molecule has 1 amide bonds. The number of aromatic nitrogens is 1. The number of hydrogen-bond acceptors (Lipinski definition) is 6. The first kappa shape index (κ1) is 20.1. The van der Waals surface area contributed by atoms with E-state index in [1.54, 1.807) is 36.4 Å². The normalized spacial score (nSPS) is 11.6. The maximum atomic E-state index is 12.3. The third kappa shape index (κ3) is 5.22. The number of nitrogens with one attached hydrogen (secondary N) is 1. The Morgan fingerprint density at radius 2 is 1.76 bits per heavy atom. The van der Waals surface area contributed by atoms with Gasteiger partial charge in [-0.1, -0.05) is 23.4 Å². The second-order valence-electron chi connectivity index (χ2n) is 6.52. The van der Waals surface area contributed by atoms with Crippen molar-refractivity contribution in [2.24, 2.45) is 0 Å². The Bertz CT molecular complexity index is 961. The van der Waals surface area contributed by atoms with Crippen LogP contribution in [0.1, 0.15) is 34.3 Å². The predicted octanol–water partition coefficient (Wildman–Crippen LogP) is 4.05. The summed E-state index contributed by atoms with van der Waals surface area (Å²) in [5.74, 6) is 0.323. The van der Waals surface area contributed by atoms with E-state index >= 15 is 0 Å². The van der Waals surface area contributed by atoms with Crippen LogP contribution in [0.3, 0.4) is 0 Å². The largest absolute Gasteiger partial charge is 0.489 e. The molecule has 0 aliphatic carbocycles. The Morgan fingerprint density at radius 1 is 1.07 bits per heavy atom. The van der Waals surface area contributed by atoms with E-state index in [-0.39, 0.29) is 0 Å². The van der Waals surface area contributed by atoms with Gasteiger partial charge < -0.3 is 19.3 Å². The number of hydrogen-bond donors (Lipinski definition) is 1. The Kier molecular flexibility index (Phi) is 6.29. The average molecular weight is 394 g/mol. The number of benzene rings is 2. The van der Waals surface area contributed by atoms with Gasteiger partial charge in [0.2, 0.25) is 0 Å². The van der Waals surface area contributed by atoms with Gasteiger partial charge in [0, 0.05) is 5.69 Å². The first-order valence-corrected chi connectivity index (χ1v) is 9.15. The van der Waals surface area contributed by atoms with Gasteiger partial charge >= 0.3 is 5.97 Å². The number of amides is 1. The quantitative estimate of drug-likeness (QED) is 0.608. The standard InChI is InChI=1S/C22H22N2O5/c1-14-20(15(2)29-24-14)13-27-19-11-9-17(10-12-19)22(26)28-16(3)21(25)23-18-7-5-4-6-8-18/h4-12,16H,13H2,1-3H3,(H,23,25)/t16-/m1/s1. The van der Waals surface area contributed by atoms with E-state index < -0.39 is 18.0 Å². The van der Waals surface area contributed by atoms with E-state index in [1.165, 1.54) is 6.92 Å². The number of anilines is 1. The molecule has 2 aromatic carbocycles. The van der Waals surface area contributed by atoms with E-state index in [0.29, 0.717) is 29.4 Å². The molecule has 0 spiro atoms. The van der Waals surface area contributed by atoms with Crippen LogP contribution in [-0.4, -0.2) is 23.1 Å². The monoisotopic (exact) mass is 394 g/mol. The molecule has 1 atom stereocenters. The van der Waals surface area contributed by atoms with E-state index in [4.69, 9.17) is 14.0 Å². The fourth-order valence-corrected chi connectivity index (χ4v) is 2.60. The molecule has 1 heterocycles. The summed E-state index contributed by atoms with van der Waals surface area (Å²) in [6.07, 6.45) is -0.932. The Hall–Kier alpha value is -3.61. The molecule has 3 aromatic rings. The number of aryl methyl sites for hydroxylation is 2. The van der Waals surface area contributed by atoms with Gasteiger partial charge in [0.05, 0.1) is 16.8 Å². The highest BCUT2D eigenvalue weighted by molar-refractivity contribution is 5.97. The van der Waals surface area contributed by atoms with Crippen LogP contribution in [0.25, 0.3) is 0 Å². The maximum absolute atomic E-state index is 12.3. The number of ether oxygens (including phenoxy) is 2. The van der Waals surface area contributed by atoms with E-state index in [9.17, 15) is 9.59 Å². The molecule has 29 heavy (non-hydrogen) atoms. The molecule has 0 radical (unpaired) electrons. The molecule has 0 bridgehead atoms. The third-order valence-corrected chi connectivity index (χ3v) is 4.35. The van der Waals surface area contributed by atoms with Crippen LogP contribution in [0, 0.1) is 13.8 Å². The van der Waals surface area contributed by atoms with Crippen LogP contribution in [0.2, 0.25) is 0 Å². The van der Waals surface area contributed by atoms with Gasteiger partial charge in [0.15, 0.2) is 6.10 Å². The van der Waals surface area contributed by atoms with Crippen molar-refractivity contribution in [1.29, 1.82) is 0 Å². The molecule has 0 unspecified atom stereocenters. The van der Waals surface area contributed by atoms with E-state index in [2.05, 4.69) is 10.5 Å². The van der Waals surface area contributed by atoms with Crippen molar-refractivity contribution in [2.45, 2.75) is 33.5 Å². The van der Waals surface area contributed by atoms with Crippen molar-refractivity contribution in [3.05, 3.63) is 77.2 Å². The van der Waals surface area contributed by atoms with Gasteiger partial charge in [0.25, 0.3) is 5.91 Å². The zero-order valence-corrected chi connectivity index (χ0v) is 16.5. The van der Waals surface area contributed by atoms with Gasteiger partial charge in [-0.05, 0) is 57.2 Å². The highest BCUT2D eigenvalue weighted by Gasteiger charge is 2.19. The summed E-state index contributed by atoms with van der Waals surface area (Å²) >= 11 is 0. The third-order valence-electron chi connectivity index (χ3n) is 4.35. The second-order valence-corrected chi connectivity index (χ2v) is 6.52. The fourth-order valence-electron chi connectivity index (χ4n) is 2.60. The SMILES string of the molecule is Cc1noc(C)c1COc1ccc(C(=O)O[C@H](C)C(=O)Nc2ccccc2)cc1. The van der Waals surface area contributed by atoms with Crippen molar-refractivity contribution in [3.63, 3.8) is 0 Å². The van der Waals surface area contributed by atoms with Gasteiger partial charge in [-0.25, -0.2) is 4.79 Å². The molecule has 7 nitrogen and oxygen atoms in total. The van der Waals surface area contributed by atoms with Crippen LogP contribution in [0.15, 0.2) is 59.1 Å². The maximum Gasteiger partial charge on any atom is 0.338 e. The summed E-state index contributed by atoms with van der Waals surface area (Å²) in [5, 5.41) is 6.58. The van der Waals surface area contributed by atoms with Crippen molar-refractivity contribution in [2.75, 3.05) is 5.32 Å². The lowest BCUT2D eigenvalue weighted by molar-refractivity contribution is -0.123. The number of esters is 1. The molecular weight excluding hydrogens is 372 g/mol. The minimum Gasteiger partial charge on any atom is -0.489 e. The molecule has 1 aromatic heterocycles. The first-order valence-electron chi connectivity index (χ1n) is 9.15. The van der Waals surface area contributed by atoms with Crippen LogP contribution in [-0.2, 0) is 16.1 Å². The fraction of sp³-hybridized carbons (Fsp3) is 0.227. The summed E-state index contributed by atoms with van der Waals surface area (Å²) in [7, 11) is 0. The van der Waals surface area contributed by atoms with Gasteiger partial charge in [-0.15, -0.1) is 0 Å². The lowest BCUT2D eigenvalue weighted by atomic mass is 10.2. The molecule has 3 rings (SSSR count). The minimum atomic E-state index is -0.932. The minimum absolute atomic E-state index is 0.321. The Balaban J connectivity index is 1.53. The number of rotatable bonds is 7. The topological polar surface area (TPSA) is 90.7 Å². The smallest absolute Gasteiger partial charge is 0.338 e. The molecular formula is C22H22N2O5. The molecule has 0 aliphatic heterocycles.